The quantitative estimate of drug-likeness (QED) is 0.724. The molecule has 0 saturated heterocycles. The highest BCUT2D eigenvalue weighted by atomic mass is 35.5. The van der Waals surface area contributed by atoms with Crippen molar-refractivity contribution >= 4 is 17.4 Å². The fraction of sp³-hybridized carbons (Fsp3) is 0.133. The molecule has 0 fully saturated rings. The fourth-order valence-corrected chi connectivity index (χ4v) is 1.98. The van der Waals surface area contributed by atoms with E-state index in [-0.39, 0.29) is 5.78 Å². The highest BCUT2D eigenvalue weighted by Crippen LogP contribution is 2.20. The molecule has 0 bridgehead atoms. The van der Waals surface area contributed by atoms with Gasteiger partial charge in [-0.15, -0.1) is 0 Å². The van der Waals surface area contributed by atoms with Crippen molar-refractivity contribution in [3.8, 4) is 0 Å². The van der Waals surface area contributed by atoms with E-state index in [9.17, 15) is 4.79 Å². The van der Waals surface area contributed by atoms with Gasteiger partial charge >= 0.3 is 0 Å². The summed E-state index contributed by atoms with van der Waals surface area (Å²) in [7, 11) is 0. The lowest BCUT2D eigenvalue weighted by atomic mass is 9.96. The number of aryl methyl sites for hydroxylation is 2. The SMILES string of the molecule is Cc1ccccc1C(=O)c1cc(Cl)ccc1C. The van der Waals surface area contributed by atoms with Gasteiger partial charge in [0.1, 0.15) is 0 Å². The molecule has 86 valence electrons. The van der Waals surface area contributed by atoms with Crippen molar-refractivity contribution in [3.63, 3.8) is 0 Å². The lowest BCUT2D eigenvalue weighted by Gasteiger charge is -2.07. The van der Waals surface area contributed by atoms with Gasteiger partial charge in [-0.1, -0.05) is 41.9 Å². The highest BCUT2D eigenvalue weighted by Gasteiger charge is 2.13. The smallest absolute Gasteiger partial charge is 0.193 e. The van der Waals surface area contributed by atoms with Gasteiger partial charge in [0.05, 0.1) is 0 Å². The first kappa shape index (κ1) is 11.9. The van der Waals surface area contributed by atoms with Gasteiger partial charge in [-0.25, -0.2) is 0 Å². The molecule has 1 nitrogen and oxygen atoms in total. The van der Waals surface area contributed by atoms with E-state index in [2.05, 4.69) is 0 Å². The van der Waals surface area contributed by atoms with E-state index in [1.807, 2.05) is 44.2 Å². The van der Waals surface area contributed by atoms with Crippen LogP contribution in [0.3, 0.4) is 0 Å². The summed E-state index contributed by atoms with van der Waals surface area (Å²) in [5, 5.41) is 0.590. The minimum atomic E-state index is 0.0306. The molecule has 17 heavy (non-hydrogen) atoms. The van der Waals surface area contributed by atoms with E-state index in [1.165, 1.54) is 0 Å². The molecule has 0 spiro atoms. The first-order chi connectivity index (χ1) is 8.09. The predicted molar refractivity (Wildman–Crippen MR) is 70.8 cm³/mol. The summed E-state index contributed by atoms with van der Waals surface area (Å²) >= 11 is 5.94. The van der Waals surface area contributed by atoms with E-state index in [0.717, 1.165) is 16.7 Å². The maximum Gasteiger partial charge on any atom is 0.193 e. The Bertz CT molecular complexity index is 573. The molecular formula is C15H13ClO. The second-order valence-electron chi connectivity index (χ2n) is 4.10. The lowest BCUT2D eigenvalue weighted by molar-refractivity contribution is 0.103. The van der Waals surface area contributed by atoms with Crippen molar-refractivity contribution in [2.45, 2.75) is 13.8 Å². The largest absolute Gasteiger partial charge is 0.289 e. The molecule has 0 radical (unpaired) electrons. The molecule has 0 N–H and O–H groups in total. The number of benzene rings is 2. The standard InChI is InChI=1S/C15H13ClO/c1-10-5-3-4-6-13(10)15(17)14-9-12(16)8-7-11(14)2/h3-9H,1-2H3. The molecule has 0 unspecified atom stereocenters. The Balaban J connectivity index is 2.51. The second kappa shape index (κ2) is 4.72. The maximum atomic E-state index is 12.4. The van der Waals surface area contributed by atoms with E-state index in [4.69, 9.17) is 11.6 Å². The van der Waals surface area contributed by atoms with Gasteiger partial charge in [0.15, 0.2) is 5.78 Å². The summed E-state index contributed by atoms with van der Waals surface area (Å²) in [6.07, 6.45) is 0. The third-order valence-corrected chi connectivity index (χ3v) is 3.07. The van der Waals surface area contributed by atoms with Crippen molar-refractivity contribution < 1.29 is 4.79 Å². The minimum absolute atomic E-state index is 0.0306. The molecule has 0 saturated carbocycles. The van der Waals surface area contributed by atoms with Crippen LogP contribution in [0.5, 0.6) is 0 Å². The second-order valence-corrected chi connectivity index (χ2v) is 4.54. The third kappa shape index (κ3) is 2.40. The van der Waals surface area contributed by atoms with Gasteiger partial charge in [-0.2, -0.15) is 0 Å². The molecule has 0 atom stereocenters. The zero-order valence-corrected chi connectivity index (χ0v) is 10.6. The molecule has 2 heteroatoms. The zero-order chi connectivity index (χ0) is 12.4. The van der Waals surface area contributed by atoms with Gasteiger partial charge < -0.3 is 0 Å². The lowest BCUT2D eigenvalue weighted by Crippen LogP contribution is -2.05. The molecular weight excluding hydrogens is 232 g/mol. The molecule has 2 aromatic rings. The Morgan fingerprint density at radius 2 is 1.59 bits per heavy atom. The average Bonchev–Trinajstić information content (AvgIpc) is 2.32. The number of hydrogen-bond donors (Lipinski definition) is 0. The van der Waals surface area contributed by atoms with Gasteiger partial charge in [0, 0.05) is 16.1 Å². The molecule has 0 heterocycles. The monoisotopic (exact) mass is 244 g/mol. The summed E-state index contributed by atoms with van der Waals surface area (Å²) < 4.78 is 0. The number of rotatable bonds is 2. The molecule has 0 aliphatic carbocycles. The van der Waals surface area contributed by atoms with Crippen LogP contribution in [0.15, 0.2) is 42.5 Å². The minimum Gasteiger partial charge on any atom is -0.289 e. The number of carbonyl (C=O) groups is 1. The molecule has 2 aromatic carbocycles. The van der Waals surface area contributed by atoms with Crippen LogP contribution in [0.1, 0.15) is 27.0 Å². The van der Waals surface area contributed by atoms with Gasteiger partial charge in [-0.05, 0) is 37.1 Å². The Morgan fingerprint density at radius 3 is 2.29 bits per heavy atom. The molecule has 0 aliphatic rings. The maximum absolute atomic E-state index is 12.4. The van der Waals surface area contributed by atoms with Crippen LogP contribution in [0.25, 0.3) is 0 Å². The van der Waals surface area contributed by atoms with Gasteiger partial charge in [0.25, 0.3) is 0 Å². The Hall–Kier alpha value is -1.60. The van der Waals surface area contributed by atoms with Crippen LogP contribution in [0.2, 0.25) is 5.02 Å². The van der Waals surface area contributed by atoms with Gasteiger partial charge in [0.2, 0.25) is 0 Å². The van der Waals surface area contributed by atoms with Crippen LogP contribution in [-0.4, -0.2) is 5.78 Å². The van der Waals surface area contributed by atoms with E-state index < -0.39 is 0 Å². The normalized spacial score (nSPS) is 10.3. The topological polar surface area (TPSA) is 17.1 Å². The summed E-state index contributed by atoms with van der Waals surface area (Å²) in [5.74, 6) is 0.0306. The van der Waals surface area contributed by atoms with Crippen LogP contribution in [0, 0.1) is 13.8 Å². The Morgan fingerprint density at radius 1 is 0.941 bits per heavy atom. The zero-order valence-electron chi connectivity index (χ0n) is 9.83. The van der Waals surface area contributed by atoms with Crippen molar-refractivity contribution in [3.05, 3.63) is 69.7 Å². The fourth-order valence-electron chi connectivity index (χ4n) is 1.81. The molecule has 2 rings (SSSR count). The molecule has 0 amide bonds. The van der Waals surface area contributed by atoms with Crippen LogP contribution in [-0.2, 0) is 0 Å². The molecule has 0 aromatic heterocycles. The summed E-state index contributed by atoms with van der Waals surface area (Å²) in [6, 6.07) is 13.0. The first-order valence-electron chi connectivity index (χ1n) is 5.46. The van der Waals surface area contributed by atoms with Gasteiger partial charge in [-0.3, -0.25) is 4.79 Å². The van der Waals surface area contributed by atoms with Crippen molar-refractivity contribution in [2.75, 3.05) is 0 Å². The van der Waals surface area contributed by atoms with Crippen molar-refractivity contribution in [1.29, 1.82) is 0 Å². The first-order valence-corrected chi connectivity index (χ1v) is 5.84. The number of halogens is 1. The highest BCUT2D eigenvalue weighted by molar-refractivity contribution is 6.31. The number of ketones is 1. The van der Waals surface area contributed by atoms with Crippen LogP contribution >= 0.6 is 11.6 Å². The summed E-state index contributed by atoms with van der Waals surface area (Å²) in [5.41, 5.74) is 3.34. The Labute approximate surface area is 106 Å². The number of hydrogen-bond acceptors (Lipinski definition) is 1. The summed E-state index contributed by atoms with van der Waals surface area (Å²) in [4.78, 5) is 12.4. The predicted octanol–water partition coefficient (Wildman–Crippen LogP) is 4.19. The Kier molecular flexibility index (Phi) is 3.30. The van der Waals surface area contributed by atoms with E-state index in [1.54, 1.807) is 12.1 Å². The van der Waals surface area contributed by atoms with E-state index >= 15 is 0 Å². The van der Waals surface area contributed by atoms with Crippen LogP contribution < -0.4 is 0 Å². The summed E-state index contributed by atoms with van der Waals surface area (Å²) in [6.45, 7) is 3.86. The van der Waals surface area contributed by atoms with Crippen molar-refractivity contribution in [1.82, 2.24) is 0 Å². The average molecular weight is 245 g/mol. The molecule has 0 aliphatic heterocycles. The van der Waals surface area contributed by atoms with Crippen molar-refractivity contribution in [2.24, 2.45) is 0 Å². The number of carbonyl (C=O) groups excluding carboxylic acids is 1. The van der Waals surface area contributed by atoms with E-state index in [0.29, 0.717) is 10.6 Å². The third-order valence-electron chi connectivity index (χ3n) is 2.83. The van der Waals surface area contributed by atoms with Crippen LogP contribution in [0.4, 0.5) is 0 Å².